The van der Waals surface area contributed by atoms with Crippen LogP contribution in [0.5, 0.6) is 0 Å². The molecule has 7 nitrogen and oxygen atoms in total. The number of rotatable bonds is 5. The summed E-state index contributed by atoms with van der Waals surface area (Å²) in [5, 5.41) is 8.01. The molecule has 1 fully saturated rings. The Balaban J connectivity index is 1.61. The van der Waals surface area contributed by atoms with Gasteiger partial charge in [-0.2, -0.15) is 10.1 Å². The van der Waals surface area contributed by atoms with E-state index in [0.717, 1.165) is 37.1 Å². The van der Waals surface area contributed by atoms with Gasteiger partial charge in [0, 0.05) is 58.2 Å². The minimum absolute atomic E-state index is 0.417. The van der Waals surface area contributed by atoms with Gasteiger partial charge in [-0.3, -0.25) is 9.58 Å². The second kappa shape index (κ2) is 7.17. The smallest absolute Gasteiger partial charge is 0.226 e. The van der Waals surface area contributed by atoms with Gasteiger partial charge in [0.15, 0.2) is 0 Å². The Morgan fingerprint density at radius 2 is 2.21 bits per heavy atom. The molecule has 24 heavy (non-hydrogen) atoms. The van der Waals surface area contributed by atoms with Gasteiger partial charge < -0.3 is 10.2 Å². The molecule has 1 atom stereocenters. The molecule has 2 aromatic rings. The van der Waals surface area contributed by atoms with E-state index in [1.165, 1.54) is 18.4 Å². The lowest BCUT2D eigenvalue weighted by atomic mass is 10.0. The van der Waals surface area contributed by atoms with Gasteiger partial charge in [0.05, 0.1) is 5.69 Å². The van der Waals surface area contributed by atoms with Gasteiger partial charge in [0.2, 0.25) is 5.95 Å². The van der Waals surface area contributed by atoms with Crippen LogP contribution in [-0.2, 0) is 13.6 Å². The Kier molecular flexibility index (Phi) is 4.99. The van der Waals surface area contributed by atoms with Crippen molar-refractivity contribution in [2.24, 2.45) is 7.05 Å². The van der Waals surface area contributed by atoms with Gasteiger partial charge in [-0.05, 0) is 32.4 Å². The molecule has 3 rings (SSSR count). The first-order valence-corrected chi connectivity index (χ1v) is 8.49. The highest BCUT2D eigenvalue weighted by Gasteiger charge is 2.21. The van der Waals surface area contributed by atoms with Crippen LogP contribution in [0.1, 0.15) is 24.1 Å². The van der Waals surface area contributed by atoms with Gasteiger partial charge in [-0.15, -0.1) is 0 Å². The molecule has 1 unspecified atom stereocenters. The van der Waals surface area contributed by atoms with Crippen LogP contribution in [0, 0.1) is 6.92 Å². The number of aryl methyl sites for hydroxylation is 2. The number of piperidine rings is 1. The van der Waals surface area contributed by atoms with Crippen molar-refractivity contribution in [3.63, 3.8) is 0 Å². The van der Waals surface area contributed by atoms with Crippen molar-refractivity contribution >= 4 is 11.8 Å². The lowest BCUT2D eigenvalue weighted by molar-refractivity contribution is 0.208. The number of anilines is 2. The molecule has 0 aliphatic carbocycles. The van der Waals surface area contributed by atoms with Crippen LogP contribution in [0.3, 0.4) is 0 Å². The summed E-state index contributed by atoms with van der Waals surface area (Å²) in [5.41, 5.74) is 2.44. The lowest BCUT2D eigenvalue weighted by Gasteiger charge is -2.33. The van der Waals surface area contributed by atoms with Gasteiger partial charge in [0.25, 0.3) is 0 Å². The van der Waals surface area contributed by atoms with Crippen LogP contribution in [0.25, 0.3) is 0 Å². The van der Waals surface area contributed by atoms with Crippen molar-refractivity contribution in [1.29, 1.82) is 0 Å². The zero-order valence-electron chi connectivity index (χ0n) is 15.0. The average molecular weight is 329 g/mol. The molecular weight excluding hydrogens is 302 g/mol. The third kappa shape index (κ3) is 4.03. The molecule has 0 aromatic carbocycles. The van der Waals surface area contributed by atoms with Crippen LogP contribution in [-0.4, -0.2) is 57.9 Å². The maximum atomic E-state index is 4.56. The van der Waals surface area contributed by atoms with Crippen molar-refractivity contribution in [2.45, 2.75) is 32.4 Å². The van der Waals surface area contributed by atoms with E-state index in [-0.39, 0.29) is 0 Å². The molecule has 1 aliphatic heterocycles. The maximum absolute atomic E-state index is 4.56. The van der Waals surface area contributed by atoms with Gasteiger partial charge in [0.1, 0.15) is 5.82 Å². The summed E-state index contributed by atoms with van der Waals surface area (Å²) in [7, 11) is 5.89. The van der Waals surface area contributed by atoms with E-state index in [9.17, 15) is 0 Å². The van der Waals surface area contributed by atoms with Crippen molar-refractivity contribution in [2.75, 3.05) is 37.4 Å². The molecule has 2 aromatic heterocycles. The Bertz CT molecular complexity index is 679. The van der Waals surface area contributed by atoms with Crippen LogP contribution < -0.4 is 10.2 Å². The van der Waals surface area contributed by atoms with Crippen LogP contribution >= 0.6 is 0 Å². The SMILES string of the molecule is Cc1nn(C)cc1CN1CCCC(Nc2ccnc(N(C)C)n2)C1. The lowest BCUT2D eigenvalue weighted by Crippen LogP contribution is -2.41. The first kappa shape index (κ1) is 16.7. The molecule has 1 saturated heterocycles. The molecule has 1 aliphatic rings. The molecular formula is C17H27N7. The summed E-state index contributed by atoms with van der Waals surface area (Å²) >= 11 is 0. The Labute approximate surface area is 143 Å². The topological polar surface area (TPSA) is 62.1 Å². The van der Waals surface area contributed by atoms with Crippen molar-refractivity contribution in [3.8, 4) is 0 Å². The van der Waals surface area contributed by atoms with Crippen LogP contribution in [0.15, 0.2) is 18.5 Å². The number of aromatic nitrogens is 4. The maximum Gasteiger partial charge on any atom is 0.226 e. The van der Waals surface area contributed by atoms with Crippen LogP contribution in [0.4, 0.5) is 11.8 Å². The van der Waals surface area contributed by atoms with E-state index in [4.69, 9.17) is 0 Å². The molecule has 0 bridgehead atoms. The van der Waals surface area contributed by atoms with E-state index in [2.05, 4.69) is 38.4 Å². The van der Waals surface area contributed by atoms with E-state index < -0.39 is 0 Å². The summed E-state index contributed by atoms with van der Waals surface area (Å²) in [5.74, 6) is 1.64. The number of nitrogens with zero attached hydrogens (tertiary/aromatic N) is 6. The third-order valence-corrected chi connectivity index (χ3v) is 4.41. The number of hydrogen-bond donors (Lipinski definition) is 1. The van der Waals surface area contributed by atoms with E-state index >= 15 is 0 Å². The highest BCUT2D eigenvalue weighted by Crippen LogP contribution is 2.18. The number of nitrogens with one attached hydrogen (secondary N) is 1. The normalized spacial score (nSPS) is 18.6. The average Bonchev–Trinajstić information content (AvgIpc) is 2.85. The quantitative estimate of drug-likeness (QED) is 0.900. The second-order valence-electron chi connectivity index (χ2n) is 6.77. The first-order chi connectivity index (χ1) is 11.5. The van der Waals surface area contributed by atoms with Gasteiger partial charge in [-0.25, -0.2) is 4.98 Å². The fourth-order valence-corrected chi connectivity index (χ4v) is 3.22. The summed E-state index contributed by atoms with van der Waals surface area (Å²) < 4.78 is 1.90. The first-order valence-electron chi connectivity index (χ1n) is 8.49. The van der Waals surface area contributed by atoms with Crippen molar-refractivity contribution < 1.29 is 0 Å². The van der Waals surface area contributed by atoms with Gasteiger partial charge in [-0.1, -0.05) is 0 Å². The minimum atomic E-state index is 0.417. The summed E-state index contributed by atoms with van der Waals surface area (Å²) in [6.07, 6.45) is 6.30. The summed E-state index contributed by atoms with van der Waals surface area (Å²) in [6, 6.07) is 2.36. The van der Waals surface area contributed by atoms with E-state index in [1.807, 2.05) is 43.0 Å². The Morgan fingerprint density at radius 3 is 2.92 bits per heavy atom. The predicted octanol–water partition coefficient (Wildman–Crippen LogP) is 1.66. The number of likely N-dealkylation sites (tertiary alicyclic amines) is 1. The van der Waals surface area contributed by atoms with E-state index in [1.54, 1.807) is 0 Å². The minimum Gasteiger partial charge on any atom is -0.366 e. The Hall–Kier alpha value is -2.15. The molecule has 0 radical (unpaired) electrons. The third-order valence-electron chi connectivity index (χ3n) is 4.41. The largest absolute Gasteiger partial charge is 0.366 e. The zero-order chi connectivity index (χ0) is 17.1. The number of hydrogen-bond acceptors (Lipinski definition) is 6. The molecule has 1 N–H and O–H groups in total. The molecule has 0 spiro atoms. The zero-order valence-corrected chi connectivity index (χ0v) is 15.0. The molecule has 0 amide bonds. The second-order valence-corrected chi connectivity index (χ2v) is 6.77. The summed E-state index contributed by atoms with van der Waals surface area (Å²) in [6.45, 7) is 5.21. The molecule has 3 heterocycles. The molecule has 0 saturated carbocycles. The highest BCUT2D eigenvalue weighted by atomic mass is 15.3. The highest BCUT2D eigenvalue weighted by molar-refractivity contribution is 5.41. The van der Waals surface area contributed by atoms with Gasteiger partial charge >= 0.3 is 0 Å². The monoisotopic (exact) mass is 329 g/mol. The molecule has 130 valence electrons. The predicted molar refractivity (Wildman–Crippen MR) is 96.2 cm³/mol. The Morgan fingerprint density at radius 1 is 1.38 bits per heavy atom. The standard InChI is InChI=1S/C17H27N7/c1-13-14(10-23(4)21-13)11-24-9-5-6-15(12-24)19-16-7-8-18-17(20-16)22(2)3/h7-8,10,15H,5-6,9,11-12H2,1-4H3,(H,18,19,20). The van der Waals surface area contributed by atoms with E-state index in [0.29, 0.717) is 6.04 Å². The van der Waals surface area contributed by atoms with Crippen molar-refractivity contribution in [1.82, 2.24) is 24.6 Å². The van der Waals surface area contributed by atoms with Crippen molar-refractivity contribution in [3.05, 3.63) is 29.7 Å². The van der Waals surface area contributed by atoms with Crippen LogP contribution in [0.2, 0.25) is 0 Å². The fourth-order valence-electron chi connectivity index (χ4n) is 3.22. The summed E-state index contributed by atoms with van der Waals surface area (Å²) in [4.78, 5) is 13.3. The molecule has 7 heteroatoms. The fraction of sp³-hybridized carbons (Fsp3) is 0.588.